The lowest BCUT2D eigenvalue weighted by molar-refractivity contribution is -0.0438. The third-order valence-corrected chi connectivity index (χ3v) is 4.58. The molecular weight excluding hydrogens is 336 g/mol. The molecule has 0 radical (unpaired) electrons. The lowest BCUT2D eigenvalue weighted by Gasteiger charge is -2.61. The minimum Gasteiger partial charge on any atom is -0.347 e. The van der Waals surface area contributed by atoms with Crippen LogP contribution < -0.4 is 5.32 Å². The van der Waals surface area contributed by atoms with E-state index in [0.29, 0.717) is 10.6 Å². The van der Waals surface area contributed by atoms with Crippen molar-refractivity contribution in [3.63, 3.8) is 0 Å². The Kier molecular flexibility index (Phi) is 2.44. The Morgan fingerprint density at radius 1 is 1.44 bits per heavy atom. The molecule has 1 aromatic rings. The quantitative estimate of drug-likeness (QED) is 0.818. The molecule has 3 aliphatic rings. The van der Waals surface area contributed by atoms with Gasteiger partial charge in [0.15, 0.2) is 0 Å². The minimum absolute atomic E-state index is 0.0282. The van der Waals surface area contributed by atoms with Crippen molar-refractivity contribution in [2.45, 2.75) is 24.8 Å². The second-order valence-corrected chi connectivity index (χ2v) is 6.49. The molecule has 0 aliphatic heterocycles. The summed E-state index contributed by atoms with van der Waals surface area (Å²) in [5, 5.41) is 3.65. The van der Waals surface area contributed by atoms with Gasteiger partial charge in [-0.25, -0.2) is 0 Å². The van der Waals surface area contributed by atoms with Crippen molar-refractivity contribution >= 4 is 40.1 Å². The summed E-state index contributed by atoms with van der Waals surface area (Å²) in [6.07, 6.45) is 3.46. The van der Waals surface area contributed by atoms with E-state index in [0.717, 1.165) is 28.8 Å². The summed E-state index contributed by atoms with van der Waals surface area (Å²) in [5.41, 5.74) is 0.709. The molecule has 16 heavy (non-hydrogen) atoms. The van der Waals surface area contributed by atoms with Crippen LogP contribution in [0.25, 0.3) is 0 Å². The van der Waals surface area contributed by atoms with E-state index < -0.39 is 0 Å². The Balaban J connectivity index is 1.78. The standard InChI is InChI=1S/C12H11ClINO/c13-10-3-8(14)1-2-9(10)11(16)15-12-4-7(5-12)6-12/h1-3,7H,4-6H2,(H,15,16). The first-order chi connectivity index (χ1) is 7.58. The lowest BCUT2D eigenvalue weighted by atomic mass is 9.50. The van der Waals surface area contributed by atoms with Crippen LogP contribution in [0.4, 0.5) is 0 Å². The maximum atomic E-state index is 12.0. The number of carbonyl (C=O) groups excluding carboxylic acids is 1. The van der Waals surface area contributed by atoms with Gasteiger partial charge >= 0.3 is 0 Å². The molecule has 4 heteroatoms. The number of hydrogen-bond acceptors (Lipinski definition) is 1. The number of benzene rings is 1. The fourth-order valence-electron chi connectivity index (χ4n) is 2.61. The highest BCUT2D eigenvalue weighted by molar-refractivity contribution is 14.1. The van der Waals surface area contributed by atoms with Gasteiger partial charge in [-0.3, -0.25) is 4.79 Å². The molecule has 0 aromatic heterocycles. The molecule has 2 bridgehead atoms. The van der Waals surface area contributed by atoms with Crippen LogP contribution in [0.1, 0.15) is 29.6 Å². The number of nitrogens with one attached hydrogen (secondary N) is 1. The summed E-state index contributed by atoms with van der Waals surface area (Å²) < 4.78 is 1.05. The molecule has 3 aliphatic carbocycles. The van der Waals surface area contributed by atoms with Gasteiger partial charge in [-0.05, 0) is 66.0 Å². The van der Waals surface area contributed by atoms with Crippen LogP contribution in [0.5, 0.6) is 0 Å². The van der Waals surface area contributed by atoms with Crippen molar-refractivity contribution in [3.8, 4) is 0 Å². The van der Waals surface area contributed by atoms with E-state index in [1.165, 1.54) is 0 Å². The maximum absolute atomic E-state index is 12.0. The van der Waals surface area contributed by atoms with Crippen LogP contribution in [0.15, 0.2) is 18.2 Å². The highest BCUT2D eigenvalue weighted by Gasteiger charge is 2.57. The first-order valence-electron chi connectivity index (χ1n) is 5.36. The molecule has 1 amide bonds. The van der Waals surface area contributed by atoms with E-state index in [1.54, 1.807) is 6.07 Å². The van der Waals surface area contributed by atoms with Gasteiger partial charge < -0.3 is 5.32 Å². The fourth-order valence-corrected chi connectivity index (χ4v) is 3.55. The third-order valence-electron chi connectivity index (χ3n) is 3.59. The van der Waals surface area contributed by atoms with Crippen LogP contribution >= 0.6 is 34.2 Å². The lowest BCUT2D eigenvalue weighted by Crippen LogP contribution is -2.68. The topological polar surface area (TPSA) is 29.1 Å². The number of halogens is 2. The molecule has 0 atom stereocenters. The van der Waals surface area contributed by atoms with Gasteiger partial charge in [0.25, 0.3) is 5.91 Å². The molecule has 4 rings (SSSR count). The Labute approximate surface area is 113 Å². The number of rotatable bonds is 2. The second-order valence-electron chi connectivity index (χ2n) is 4.84. The van der Waals surface area contributed by atoms with E-state index in [1.807, 2.05) is 12.1 Å². The van der Waals surface area contributed by atoms with Gasteiger partial charge in [-0.1, -0.05) is 11.6 Å². The average molecular weight is 348 g/mol. The van der Waals surface area contributed by atoms with Gasteiger partial charge in [0, 0.05) is 9.11 Å². The molecule has 3 fully saturated rings. The summed E-state index contributed by atoms with van der Waals surface area (Å²) in [7, 11) is 0. The summed E-state index contributed by atoms with van der Waals surface area (Å²) in [5.74, 6) is 0.840. The maximum Gasteiger partial charge on any atom is 0.253 e. The fraction of sp³-hybridized carbons (Fsp3) is 0.417. The minimum atomic E-state index is -0.0282. The molecule has 0 spiro atoms. The smallest absolute Gasteiger partial charge is 0.253 e. The monoisotopic (exact) mass is 347 g/mol. The summed E-state index contributed by atoms with van der Waals surface area (Å²) >= 11 is 8.25. The number of hydrogen-bond donors (Lipinski definition) is 1. The molecule has 1 N–H and O–H groups in total. The second kappa shape index (κ2) is 3.60. The third kappa shape index (κ3) is 1.64. The Morgan fingerprint density at radius 3 is 2.62 bits per heavy atom. The Bertz CT molecular complexity index is 457. The summed E-state index contributed by atoms with van der Waals surface area (Å²) in [4.78, 5) is 12.0. The van der Waals surface area contributed by atoms with Gasteiger partial charge in [0.1, 0.15) is 0 Å². The number of carbonyl (C=O) groups is 1. The molecule has 0 saturated heterocycles. The van der Waals surface area contributed by atoms with Gasteiger partial charge in [-0.2, -0.15) is 0 Å². The van der Waals surface area contributed by atoms with E-state index >= 15 is 0 Å². The molecule has 0 unspecified atom stereocenters. The predicted octanol–water partition coefficient (Wildman–Crippen LogP) is 3.23. The largest absolute Gasteiger partial charge is 0.347 e. The zero-order valence-corrected chi connectivity index (χ0v) is 11.5. The average Bonchev–Trinajstić information content (AvgIpc) is 2.09. The van der Waals surface area contributed by atoms with Crippen LogP contribution in [-0.2, 0) is 0 Å². The van der Waals surface area contributed by atoms with E-state index in [-0.39, 0.29) is 11.4 Å². The van der Waals surface area contributed by atoms with Crippen molar-refractivity contribution in [1.82, 2.24) is 5.32 Å². The molecule has 3 saturated carbocycles. The van der Waals surface area contributed by atoms with Gasteiger partial charge in [0.2, 0.25) is 0 Å². The van der Waals surface area contributed by atoms with Crippen molar-refractivity contribution in [2.75, 3.05) is 0 Å². The highest BCUT2D eigenvalue weighted by atomic mass is 127. The van der Waals surface area contributed by atoms with Gasteiger partial charge in [-0.15, -0.1) is 0 Å². The first kappa shape index (κ1) is 10.8. The van der Waals surface area contributed by atoms with Gasteiger partial charge in [0.05, 0.1) is 10.6 Å². The van der Waals surface area contributed by atoms with Crippen LogP contribution in [0, 0.1) is 9.49 Å². The van der Waals surface area contributed by atoms with Crippen molar-refractivity contribution in [1.29, 1.82) is 0 Å². The molecule has 0 heterocycles. The zero-order chi connectivity index (χ0) is 11.3. The molecule has 1 aromatic carbocycles. The van der Waals surface area contributed by atoms with Crippen molar-refractivity contribution in [2.24, 2.45) is 5.92 Å². The molecule has 84 valence electrons. The Morgan fingerprint density at radius 2 is 2.12 bits per heavy atom. The summed E-state index contributed by atoms with van der Waals surface area (Å²) in [6, 6.07) is 5.52. The molecule has 2 nitrogen and oxygen atoms in total. The predicted molar refractivity (Wildman–Crippen MR) is 71.7 cm³/mol. The summed E-state index contributed by atoms with van der Waals surface area (Å²) in [6.45, 7) is 0. The Hall–Kier alpha value is -0.290. The highest BCUT2D eigenvalue weighted by Crippen LogP contribution is 2.57. The van der Waals surface area contributed by atoms with E-state index in [2.05, 4.69) is 27.9 Å². The first-order valence-corrected chi connectivity index (χ1v) is 6.81. The molecular formula is C12H11ClINO. The van der Waals surface area contributed by atoms with Crippen LogP contribution in [-0.4, -0.2) is 11.4 Å². The van der Waals surface area contributed by atoms with Crippen molar-refractivity contribution in [3.05, 3.63) is 32.4 Å². The number of amides is 1. The zero-order valence-electron chi connectivity index (χ0n) is 8.59. The SMILES string of the molecule is O=C(NC12CC(C1)C2)c1ccc(I)cc1Cl. The van der Waals surface area contributed by atoms with E-state index in [9.17, 15) is 4.79 Å². The van der Waals surface area contributed by atoms with Crippen molar-refractivity contribution < 1.29 is 4.79 Å². The van der Waals surface area contributed by atoms with E-state index in [4.69, 9.17) is 11.6 Å². The van der Waals surface area contributed by atoms with Crippen LogP contribution in [0.3, 0.4) is 0 Å². The van der Waals surface area contributed by atoms with Crippen LogP contribution in [0.2, 0.25) is 5.02 Å². The normalized spacial score (nSPS) is 30.2.